The minimum atomic E-state index is 0.174. The van der Waals surface area contributed by atoms with Gasteiger partial charge >= 0.3 is 0 Å². The zero-order valence-corrected chi connectivity index (χ0v) is 13.4. The standard InChI is InChI=1S/C21H16N2O2/c24-19-8-4-5-15-9-14-20(23-21(15)19)22-16-10-12-18(13-11-16)25-17-6-2-1-3-7-17/h1-14,24H,(H,22,23). The van der Waals surface area contributed by atoms with Crippen molar-refractivity contribution in [3.8, 4) is 17.2 Å². The van der Waals surface area contributed by atoms with Gasteiger partial charge in [-0.05, 0) is 54.6 Å². The lowest BCUT2D eigenvalue weighted by Crippen LogP contribution is -1.94. The largest absolute Gasteiger partial charge is 0.506 e. The maximum Gasteiger partial charge on any atom is 0.141 e. The van der Waals surface area contributed by atoms with Crippen LogP contribution in [0.25, 0.3) is 10.9 Å². The van der Waals surface area contributed by atoms with Gasteiger partial charge in [0.05, 0.1) is 0 Å². The highest BCUT2D eigenvalue weighted by atomic mass is 16.5. The van der Waals surface area contributed by atoms with Crippen molar-refractivity contribution in [2.24, 2.45) is 0 Å². The fourth-order valence-corrected chi connectivity index (χ4v) is 2.58. The van der Waals surface area contributed by atoms with Crippen LogP contribution in [0.4, 0.5) is 11.5 Å². The molecule has 0 saturated heterocycles. The van der Waals surface area contributed by atoms with Gasteiger partial charge < -0.3 is 15.2 Å². The van der Waals surface area contributed by atoms with Crippen molar-refractivity contribution in [2.75, 3.05) is 5.32 Å². The van der Waals surface area contributed by atoms with Crippen molar-refractivity contribution in [2.45, 2.75) is 0 Å². The maximum absolute atomic E-state index is 9.93. The number of nitrogens with zero attached hydrogens (tertiary/aromatic N) is 1. The summed E-state index contributed by atoms with van der Waals surface area (Å²) in [6.45, 7) is 0. The Labute approximate surface area is 145 Å². The summed E-state index contributed by atoms with van der Waals surface area (Å²) in [5, 5.41) is 14.1. The van der Waals surface area contributed by atoms with Gasteiger partial charge in [-0.2, -0.15) is 0 Å². The summed E-state index contributed by atoms with van der Waals surface area (Å²) in [6.07, 6.45) is 0. The number of fused-ring (bicyclic) bond motifs is 1. The maximum atomic E-state index is 9.93. The van der Waals surface area contributed by atoms with Crippen LogP contribution in [-0.2, 0) is 0 Å². The van der Waals surface area contributed by atoms with Gasteiger partial charge in [0.25, 0.3) is 0 Å². The van der Waals surface area contributed by atoms with Gasteiger partial charge in [0.2, 0.25) is 0 Å². The molecule has 4 rings (SSSR count). The van der Waals surface area contributed by atoms with Crippen molar-refractivity contribution in [3.63, 3.8) is 0 Å². The molecule has 4 heteroatoms. The summed E-state index contributed by atoms with van der Waals surface area (Å²) in [5.74, 6) is 2.41. The first-order chi connectivity index (χ1) is 12.3. The first kappa shape index (κ1) is 15.0. The van der Waals surface area contributed by atoms with Crippen molar-refractivity contribution in [1.82, 2.24) is 4.98 Å². The van der Waals surface area contributed by atoms with Crippen LogP contribution in [0.5, 0.6) is 17.2 Å². The number of ether oxygens (including phenoxy) is 1. The Kier molecular flexibility index (Phi) is 3.92. The predicted molar refractivity (Wildman–Crippen MR) is 99.6 cm³/mol. The minimum Gasteiger partial charge on any atom is -0.506 e. The monoisotopic (exact) mass is 328 g/mol. The average Bonchev–Trinajstić information content (AvgIpc) is 2.65. The number of benzene rings is 3. The third-order valence-electron chi connectivity index (χ3n) is 3.80. The molecular weight excluding hydrogens is 312 g/mol. The Hall–Kier alpha value is -3.53. The summed E-state index contributed by atoms with van der Waals surface area (Å²) < 4.78 is 5.78. The van der Waals surface area contributed by atoms with E-state index in [9.17, 15) is 5.11 Å². The number of nitrogens with one attached hydrogen (secondary N) is 1. The molecule has 0 saturated carbocycles. The van der Waals surface area contributed by atoms with Crippen LogP contribution in [0.3, 0.4) is 0 Å². The van der Waals surface area contributed by atoms with Crippen molar-refractivity contribution >= 4 is 22.4 Å². The van der Waals surface area contributed by atoms with Gasteiger partial charge in [0.15, 0.2) is 0 Å². The Morgan fingerprint density at radius 1 is 0.720 bits per heavy atom. The lowest BCUT2D eigenvalue weighted by molar-refractivity contribution is 0.480. The Morgan fingerprint density at radius 3 is 2.28 bits per heavy atom. The van der Waals surface area contributed by atoms with E-state index >= 15 is 0 Å². The van der Waals surface area contributed by atoms with E-state index in [1.54, 1.807) is 12.1 Å². The first-order valence-corrected chi connectivity index (χ1v) is 7.97. The molecule has 1 aromatic heterocycles. The zero-order chi connectivity index (χ0) is 17.1. The highest BCUT2D eigenvalue weighted by Gasteiger charge is 2.03. The molecule has 4 nitrogen and oxygen atoms in total. The van der Waals surface area contributed by atoms with Crippen molar-refractivity contribution < 1.29 is 9.84 Å². The number of aromatic hydroxyl groups is 1. The van der Waals surface area contributed by atoms with E-state index in [1.165, 1.54) is 0 Å². The number of hydrogen-bond donors (Lipinski definition) is 2. The summed E-state index contributed by atoms with van der Waals surface area (Å²) in [6, 6.07) is 26.5. The quantitative estimate of drug-likeness (QED) is 0.521. The molecule has 0 atom stereocenters. The first-order valence-electron chi connectivity index (χ1n) is 7.97. The number of rotatable bonds is 4. The van der Waals surface area contributed by atoms with E-state index < -0.39 is 0 Å². The number of phenolic OH excluding ortho intramolecular Hbond substituents is 1. The Balaban J connectivity index is 1.52. The molecule has 0 aliphatic carbocycles. The van der Waals surface area contributed by atoms with Crippen LogP contribution in [0.1, 0.15) is 0 Å². The van der Waals surface area contributed by atoms with E-state index in [4.69, 9.17) is 4.74 Å². The SMILES string of the molecule is Oc1cccc2ccc(Nc3ccc(Oc4ccccc4)cc3)nc12. The number of anilines is 2. The molecule has 0 bridgehead atoms. The molecule has 122 valence electrons. The van der Waals surface area contributed by atoms with Crippen LogP contribution in [-0.4, -0.2) is 10.1 Å². The van der Waals surface area contributed by atoms with E-state index in [0.717, 1.165) is 22.6 Å². The fraction of sp³-hybridized carbons (Fsp3) is 0. The van der Waals surface area contributed by atoms with Gasteiger partial charge in [-0.1, -0.05) is 30.3 Å². The topological polar surface area (TPSA) is 54.4 Å². The molecule has 0 aliphatic rings. The van der Waals surface area contributed by atoms with E-state index in [0.29, 0.717) is 11.3 Å². The molecular formula is C21H16N2O2. The van der Waals surface area contributed by atoms with Crippen LogP contribution in [0.15, 0.2) is 84.9 Å². The summed E-state index contributed by atoms with van der Waals surface area (Å²) in [5.41, 5.74) is 1.47. The molecule has 3 aromatic carbocycles. The summed E-state index contributed by atoms with van der Waals surface area (Å²) >= 11 is 0. The number of phenols is 1. The molecule has 25 heavy (non-hydrogen) atoms. The molecule has 0 radical (unpaired) electrons. The predicted octanol–water partition coefficient (Wildman–Crippen LogP) is 5.48. The van der Waals surface area contributed by atoms with Gasteiger partial charge in [-0.15, -0.1) is 0 Å². The molecule has 0 aliphatic heterocycles. The second-order valence-electron chi connectivity index (χ2n) is 5.61. The van der Waals surface area contributed by atoms with Gasteiger partial charge in [0.1, 0.15) is 28.6 Å². The molecule has 0 spiro atoms. The molecule has 2 N–H and O–H groups in total. The number of para-hydroxylation sites is 2. The lowest BCUT2D eigenvalue weighted by atomic mass is 10.2. The van der Waals surface area contributed by atoms with Gasteiger partial charge in [-0.3, -0.25) is 0 Å². The summed E-state index contributed by atoms with van der Waals surface area (Å²) in [7, 11) is 0. The van der Waals surface area contributed by atoms with Crippen molar-refractivity contribution in [3.05, 3.63) is 84.9 Å². The Morgan fingerprint density at radius 2 is 1.48 bits per heavy atom. The second kappa shape index (κ2) is 6.53. The van der Waals surface area contributed by atoms with Crippen molar-refractivity contribution in [1.29, 1.82) is 0 Å². The zero-order valence-electron chi connectivity index (χ0n) is 13.4. The van der Waals surface area contributed by atoms with Crippen LogP contribution in [0, 0.1) is 0 Å². The third-order valence-corrected chi connectivity index (χ3v) is 3.80. The fourth-order valence-electron chi connectivity index (χ4n) is 2.58. The third kappa shape index (κ3) is 3.38. The average molecular weight is 328 g/mol. The molecule has 0 amide bonds. The van der Waals surface area contributed by atoms with Crippen LogP contribution < -0.4 is 10.1 Å². The molecule has 0 fully saturated rings. The number of pyridine rings is 1. The van der Waals surface area contributed by atoms with Gasteiger partial charge in [0, 0.05) is 11.1 Å². The molecule has 0 unspecified atom stereocenters. The molecule has 1 heterocycles. The van der Waals surface area contributed by atoms with E-state index in [1.807, 2.05) is 72.8 Å². The highest BCUT2D eigenvalue weighted by Crippen LogP contribution is 2.27. The van der Waals surface area contributed by atoms with Gasteiger partial charge in [-0.25, -0.2) is 4.98 Å². The van der Waals surface area contributed by atoms with E-state index in [2.05, 4.69) is 10.3 Å². The minimum absolute atomic E-state index is 0.174. The number of aromatic nitrogens is 1. The van der Waals surface area contributed by atoms with Crippen LogP contribution >= 0.6 is 0 Å². The lowest BCUT2D eigenvalue weighted by Gasteiger charge is -2.09. The highest BCUT2D eigenvalue weighted by molar-refractivity contribution is 5.85. The summed E-state index contributed by atoms with van der Waals surface area (Å²) in [4.78, 5) is 4.47. The second-order valence-corrected chi connectivity index (χ2v) is 5.61. The number of hydrogen-bond acceptors (Lipinski definition) is 4. The smallest absolute Gasteiger partial charge is 0.141 e. The van der Waals surface area contributed by atoms with Crippen LogP contribution in [0.2, 0.25) is 0 Å². The normalized spacial score (nSPS) is 10.6. The van der Waals surface area contributed by atoms with E-state index in [-0.39, 0.29) is 5.75 Å². The Bertz CT molecular complexity index is 999. The molecule has 4 aromatic rings.